The smallest absolute Gasteiger partial charge is 0.188 e. The second-order valence-electron chi connectivity index (χ2n) is 5.27. The van der Waals surface area contributed by atoms with Crippen LogP contribution in [0, 0.1) is 0 Å². The van der Waals surface area contributed by atoms with Gasteiger partial charge in [-0.2, -0.15) is 0 Å². The molecule has 0 aliphatic heterocycles. The lowest BCUT2D eigenvalue weighted by atomic mass is 9.96. The van der Waals surface area contributed by atoms with E-state index in [1.807, 2.05) is 18.2 Å². The highest BCUT2D eigenvalue weighted by Gasteiger charge is 2.44. The zero-order valence-corrected chi connectivity index (χ0v) is 12.2. The summed E-state index contributed by atoms with van der Waals surface area (Å²) >= 11 is 6.05. The minimum Gasteiger partial charge on any atom is -0.370 e. The van der Waals surface area contributed by atoms with Gasteiger partial charge in [-0.3, -0.25) is 4.99 Å². The van der Waals surface area contributed by atoms with Gasteiger partial charge in [0.1, 0.15) is 0 Å². The molecule has 1 aromatic carbocycles. The van der Waals surface area contributed by atoms with Gasteiger partial charge in [-0.25, -0.2) is 0 Å². The Morgan fingerprint density at radius 2 is 2.26 bits per heavy atom. The van der Waals surface area contributed by atoms with Crippen LogP contribution in [0.2, 0.25) is 5.02 Å². The van der Waals surface area contributed by atoms with Crippen LogP contribution in [0.1, 0.15) is 38.2 Å². The summed E-state index contributed by atoms with van der Waals surface area (Å²) in [5.41, 5.74) is 7.32. The van der Waals surface area contributed by atoms with Gasteiger partial charge in [-0.05, 0) is 37.0 Å². The summed E-state index contributed by atoms with van der Waals surface area (Å²) in [6, 6.07) is 8.09. The molecule has 4 heteroatoms. The molecule has 2 rings (SSSR count). The number of nitrogens with one attached hydrogen (secondary N) is 1. The minimum absolute atomic E-state index is 0.169. The third kappa shape index (κ3) is 3.87. The Bertz CT molecular complexity index is 452. The Labute approximate surface area is 120 Å². The van der Waals surface area contributed by atoms with Gasteiger partial charge in [-0.1, -0.05) is 37.1 Å². The molecule has 3 N–H and O–H groups in total. The lowest BCUT2D eigenvalue weighted by Gasteiger charge is -2.14. The number of halogens is 1. The number of aliphatic imine (C=N–C) groups is 1. The molecule has 1 saturated carbocycles. The summed E-state index contributed by atoms with van der Waals surface area (Å²) in [6.45, 7) is 3.81. The maximum Gasteiger partial charge on any atom is 0.188 e. The van der Waals surface area contributed by atoms with Gasteiger partial charge >= 0.3 is 0 Å². The number of rotatable bonds is 6. The van der Waals surface area contributed by atoms with E-state index in [9.17, 15) is 0 Å². The van der Waals surface area contributed by atoms with Crippen molar-refractivity contribution in [3.05, 3.63) is 34.9 Å². The van der Waals surface area contributed by atoms with E-state index in [0.29, 0.717) is 5.96 Å². The average molecular weight is 280 g/mol. The first-order chi connectivity index (χ1) is 9.16. The summed E-state index contributed by atoms with van der Waals surface area (Å²) in [6.07, 6.45) is 4.61. The Kier molecular flexibility index (Phi) is 4.70. The topological polar surface area (TPSA) is 50.4 Å². The molecule has 1 aromatic rings. The summed E-state index contributed by atoms with van der Waals surface area (Å²) in [5.74, 6) is 0.557. The zero-order valence-electron chi connectivity index (χ0n) is 11.5. The van der Waals surface area contributed by atoms with Crippen molar-refractivity contribution in [1.82, 2.24) is 5.32 Å². The predicted octanol–water partition coefficient (Wildman–Crippen LogP) is 3.08. The van der Waals surface area contributed by atoms with Crippen molar-refractivity contribution in [2.24, 2.45) is 10.7 Å². The molecule has 0 spiro atoms. The van der Waals surface area contributed by atoms with Gasteiger partial charge in [-0.15, -0.1) is 0 Å². The van der Waals surface area contributed by atoms with Gasteiger partial charge in [0.05, 0.1) is 6.54 Å². The number of unbranched alkanes of at least 4 members (excludes halogenated alkanes) is 1. The quantitative estimate of drug-likeness (QED) is 0.478. The Hall–Kier alpha value is -1.22. The second-order valence-corrected chi connectivity index (χ2v) is 5.71. The summed E-state index contributed by atoms with van der Waals surface area (Å²) in [7, 11) is 0. The van der Waals surface area contributed by atoms with Crippen molar-refractivity contribution in [1.29, 1.82) is 0 Å². The monoisotopic (exact) mass is 279 g/mol. The van der Waals surface area contributed by atoms with Gasteiger partial charge in [0.25, 0.3) is 0 Å². The van der Waals surface area contributed by atoms with Gasteiger partial charge in [0.15, 0.2) is 5.96 Å². The fraction of sp³-hybridized carbons (Fsp3) is 0.533. The summed E-state index contributed by atoms with van der Waals surface area (Å²) in [5, 5.41) is 3.94. The van der Waals surface area contributed by atoms with E-state index in [-0.39, 0.29) is 5.41 Å². The molecule has 0 aromatic heterocycles. The molecule has 1 fully saturated rings. The molecule has 0 amide bonds. The van der Waals surface area contributed by atoms with Crippen molar-refractivity contribution in [2.45, 2.75) is 38.0 Å². The van der Waals surface area contributed by atoms with Crippen LogP contribution in [0.15, 0.2) is 29.3 Å². The SMILES string of the molecule is CCCCNC(N)=NCC1(c2cccc(Cl)c2)CC1. The molecule has 0 unspecified atom stereocenters. The van der Waals surface area contributed by atoms with Crippen LogP contribution < -0.4 is 11.1 Å². The van der Waals surface area contributed by atoms with Crippen molar-refractivity contribution < 1.29 is 0 Å². The normalized spacial score (nSPS) is 17.3. The third-order valence-electron chi connectivity index (χ3n) is 3.68. The zero-order chi connectivity index (χ0) is 13.7. The molecule has 3 nitrogen and oxygen atoms in total. The summed E-state index contributed by atoms with van der Waals surface area (Å²) < 4.78 is 0. The van der Waals surface area contributed by atoms with E-state index < -0.39 is 0 Å². The van der Waals surface area contributed by atoms with Crippen molar-refractivity contribution in [2.75, 3.05) is 13.1 Å². The fourth-order valence-electron chi connectivity index (χ4n) is 2.19. The van der Waals surface area contributed by atoms with Gasteiger partial charge in [0.2, 0.25) is 0 Å². The highest BCUT2D eigenvalue weighted by atomic mass is 35.5. The minimum atomic E-state index is 0.169. The van der Waals surface area contributed by atoms with Crippen molar-refractivity contribution >= 4 is 17.6 Å². The number of benzene rings is 1. The first-order valence-electron chi connectivity index (χ1n) is 6.96. The average Bonchev–Trinajstić information content (AvgIpc) is 3.18. The first kappa shape index (κ1) is 14.2. The van der Waals surface area contributed by atoms with Crippen LogP contribution in [0.3, 0.4) is 0 Å². The molecule has 104 valence electrons. The van der Waals surface area contributed by atoms with Crippen LogP contribution >= 0.6 is 11.6 Å². The lowest BCUT2D eigenvalue weighted by molar-refractivity contribution is 0.694. The molecule has 0 heterocycles. The second kappa shape index (κ2) is 6.29. The molecule has 19 heavy (non-hydrogen) atoms. The Morgan fingerprint density at radius 1 is 1.47 bits per heavy atom. The van der Waals surface area contributed by atoms with Gasteiger partial charge in [0, 0.05) is 17.0 Å². The van der Waals surface area contributed by atoms with Gasteiger partial charge < -0.3 is 11.1 Å². The van der Waals surface area contributed by atoms with Crippen molar-refractivity contribution in [3.8, 4) is 0 Å². The number of hydrogen-bond acceptors (Lipinski definition) is 1. The highest BCUT2D eigenvalue weighted by Crippen LogP contribution is 2.48. The highest BCUT2D eigenvalue weighted by molar-refractivity contribution is 6.30. The van der Waals surface area contributed by atoms with Crippen LogP contribution in [0.5, 0.6) is 0 Å². The lowest BCUT2D eigenvalue weighted by Crippen LogP contribution is -2.33. The van der Waals surface area contributed by atoms with Crippen LogP contribution in [-0.4, -0.2) is 19.0 Å². The fourth-order valence-corrected chi connectivity index (χ4v) is 2.38. The molecule has 0 bridgehead atoms. The molecular formula is C15H22ClN3. The predicted molar refractivity (Wildman–Crippen MR) is 81.8 cm³/mol. The van der Waals surface area contributed by atoms with E-state index in [4.69, 9.17) is 17.3 Å². The molecule has 0 radical (unpaired) electrons. The first-order valence-corrected chi connectivity index (χ1v) is 7.34. The Morgan fingerprint density at radius 3 is 2.89 bits per heavy atom. The Balaban J connectivity index is 1.93. The maximum absolute atomic E-state index is 6.05. The van der Waals surface area contributed by atoms with E-state index >= 15 is 0 Å². The molecule has 0 saturated heterocycles. The third-order valence-corrected chi connectivity index (χ3v) is 3.91. The van der Waals surface area contributed by atoms with E-state index in [0.717, 1.165) is 31.0 Å². The van der Waals surface area contributed by atoms with Crippen LogP contribution in [0.25, 0.3) is 0 Å². The number of hydrogen-bond donors (Lipinski definition) is 2. The van der Waals surface area contributed by atoms with E-state index in [1.165, 1.54) is 18.4 Å². The van der Waals surface area contributed by atoms with Crippen LogP contribution in [-0.2, 0) is 5.41 Å². The largest absolute Gasteiger partial charge is 0.370 e. The number of guanidine groups is 1. The van der Waals surface area contributed by atoms with E-state index in [2.05, 4.69) is 23.3 Å². The number of nitrogens with two attached hydrogens (primary N) is 1. The number of nitrogens with zero attached hydrogens (tertiary/aromatic N) is 1. The van der Waals surface area contributed by atoms with Crippen molar-refractivity contribution in [3.63, 3.8) is 0 Å². The van der Waals surface area contributed by atoms with E-state index in [1.54, 1.807) is 0 Å². The maximum atomic E-state index is 6.05. The summed E-state index contributed by atoms with van der Waals surface area (Å²) in [4.78, 5) is 4.48. The van der Waals surface area contributed by atoms with Crippen LogP contribution in [0.4, 0.5) is 0 Å². The standard InChI is InChI=1S/C15H22ClN3/c1-2-3-9-18-14(17)19-11-15(7-8-15)12-5-4-6-13(16)10-12/h4-6,10H,2-3,7-9,11H2,1H3,(H3,17,18,19). The molecule has 1 aliphatic carbocycles. The molecular weight excluding hydrogens is 258 g/mol. The molecule has 1 aliphatic rings. The molecule has 0 atom stereocenters.